The molecule has 62 valence electrons. The molecule has 1 aromatic heterocycles. The third-order valence-electron chi connectivity index (χ3n) is 2.50. The molecule has 0 spiro atoms. The van der Waals surface area contributed by atoms with Gasteiger partial charge in [-0.1, -0.05) is 24.3 Å². The Hall–Kier alpha value is -0.533. The van der Waals surface area contributed by atoms with E-state index in [9.17, 15) is 0 Å². The Bertz CT molecular complexity index is 422. The molecule has 14 heavy (non-hydrogen) atoms. The number of fused-ring (bicyclic) bond motifs is 3. The van der Waals surface area contributed by atoms with Crippen LogP contribution in [0.1, 0.15) is 10.9 Å². The summed E-state index contributed by atoms with van der Waals surface area (Å²) in [5.74, 6) is 3.22. The zero-order valence-electron chi connectivity index (χ0n) is 8.12. The second-order valence-electron chi connectivity index (χ2n) is 3.27. The van der Waals surface area contributed by atoms with Crippen molar-refractivity contribution in [2.75, 3.05) is 0 Å². The molecule has 1 heterocycles. The van der Waals surface area contributed by atoms with Gasteiger partial charge in [0.1, 0.15) is 0 Å². The molecule has 1 aromatic carbocycles. The van der Waals surface area contributed by atoms with Crippen molar-refractivity contribution in [2.24, 2.45) is 0 Å². The minimum Gasteiger partial charge on any atom is -0.215 e. The molecular formula is C12H8LiP. The number of hydrogen-bond acceptors (Lipinski definition) is 0. The van der Waals surface area contributed by atoms with E-state index in [2.05, 4.69) is 36.1 Å². The summed E-state index contributed by atoms with van der Waals surface area (Å²) < 4.78 is 0. The molecule has 0 radical (unpaired) electrons. The van der Waals surface area contributed by atoms with Crippen LogP contribution in [0.2, 0.25) is 0 Å². The molecule has 1 aliphatic carbocycles. The van der Waals surface area contributed by atoms with Gasteiger partial charge in [0.2, 0.25) is 0 Å². The van der Waals surface area contributed by atoms with Crippen LogP contribution >= 0.6 is 8.19 Å². The third kappa shape index (κ3) is 1.45. The quantitative estimate of drug-likeness (QED) is 0.360. The van der Waals surface area contributed by atoms with Gasteiger partial charge in [0.05, 0.1) is 0 Å². The van der Waals surface area contributed by atoms with Gasteiger partial charge in [0.15, 0.2) is 0 Å². The second kappa shape index (κ2) is 3.91. The predicted octanol–water partition coefficient (Wildman–Crippen LogP) is 0.642. The Kier molecular flexibility index (Phi) is 2.80. The van der Waals surface area contributed by atoms with Gasteiger partial charge >= 0.3 is 18.9 Å². The summed E-state index contributed by atoms with van der Waals surface area (Å²) in [6.07, 6.45) is 1.12. The topological polar surface area (TPSA) is 0 Å². The number of hydrogen-bond donors (Lipinski definition) is 0. The smallest absolute Gasteiger partial charge is 0.215 e. The van der Waals surface area contributed by atoms with Crippen LogP contribution in [0.25, 0.3) is 11.1 Å². The van der Waals surface area contributed by atoms with Gasteiger partial charge in [-0.25, -0.2) is 8.19 Å². The van der Waals surface area contributed by atoms with E-state index in [-0.39, 0.29) is 18.9 Å². The fraction of sp³-hybridized carbons (Fsp3) is 0.0833. The first kappa shape index (κ1) is 10.0. The van der Waals surface area contributed by atoms with Crippen molar-refractivity contribution in [3.63, 3.8) is 0 Å². The first-order valence-corrected chi connectivity index (χ1v) is 5.29. The first-order chi connectivity index (χ1) is 6.45. The minimum atomic E-state index is 0. The van der Waals surface area contributed by atoms with Crippen LogP contribution in [0.15, 0.2) is 36.4 Å². The van der Waals surface area contributed by atoms with Gasteiger partial charge in [0, 0.05) is 0 Å². The molecule has 0 bridgehead atoms. The summed E-state index contributed by atoms with van der Waals surface area (Å²) in [5, 5.41) is 1.50. The zero-order chi connectivity index (χ0) is 8.67. The van der Waals surface area contributed by atoms with Crippen molar-refractivity contribution in [2.45, 2.75) is 6.42 Å². The first-order valence-electron chi connectivity index (χ1n) is 4.39. The number of benzene rings is 1. The average Bonchev–Trinajstić information content (AvgIpc) is 2.56. The van der Waals surface area contributed by atoms with Gasteiger partial charge < -0.3 is 0 Å². The Morgan fingerprint density at radius 2 is 1.93 bits per heavy atom. The van der Waals surface area contributed by atoms with Crippen molar-refractivity contribution in [1.82, 2.24) is 0 Å². The van der Waals surface area contributed by atoms with Crippen molar-refractivity contribution in [3.8, 4) is 11.1 Å². The van der Waals surface area contributed by atoms with Crippen molar-refractivity contribution < 1.29 is 18.9 Å². The molecule has 2 aromatic rings. The van der Waals surface area contributed by atoms with E-state index in [1.807, 2.05) is 6.07 Å². The van der Waals surface area contributed by atoms with Crippen molar-refractivity contribution in [1.29, 1.82) is 0 Å². The molecule has 0 saturated carbocycles. The van der Waals surface area contributed by atoms with Crippen LogP contribution in [0.4, 0.5) is 0 Å². The van der Waals surface area contributed by atoms with Crippen LogP contribution in [-0.2, 0) is 6.42 Å². The molecule has 0 saturated heterocycles. The Morgan fingerprint density at radius 3 is 2.86 bits per heavy atom. The molecular weight excluding hydrogens is 182 g/mol. The normalized spacial score (nSPS) is 12.0. The standard InChI is InChI=1S/C12H8P.Li/c1-2-5-10-9(4-1)8-12-11(10)6-3-7-13-12;/h1-6H,8H2;/q-1;+1. The van der Waals surface area contributed by atoms with Crippen LogP contribution in [0.5, 0.6) is 0 Å². The van der Waals surface area contributed by atoms with E-state index >= 15 is 0 Å². The second-order valence-corrected chi connectivity index (χ2v) is 4.29. The van der Waals surface area contributed by atoms with Crippen molar-refractivity contribution >= 4 is 8.19 Å². The molecule has 1 aliphatic rings. The van der Waals surface area contributed by atoms with Gasteiger partial charge in [0.25, 0.3) is 0 Å². The summed E-state index contributed by atoms with van der Waals surface area (Å²) in [5.41, 5.74) is 4.31. The average molecular weight is 190 g/mol. The van der Waals surface area contributed by atoms with Crippen LogP contribution in [-0.4, -0.2) is 0 Å². The molecule has 2 heteroatoms. The summed E-state index contributed by atoms with van der Waals surface area (Å²) in [6, 6.07) is 12.9. The molecule has 0 N–H and O–H groups in total. The molecule has 0 atom stereocenters. The van der Waals surface area contributed by atoms with E-state index in [4.69, 9.17) is 0 Å². The van der Waals surface area contributed by atoms with Crippen LogP contribution in [0.3, 0.4) is 0 Å². The Morgan fingerprint density at radius 1 is 1.07 bits per heavy atom. The summed E-state index contributed by atoms with van der Waals surface area (Å²) in [7, 11) is 1.25. The van der Waals surface area contributed by atoms with Crippen LogP contribution in [0, 0.1) is 5.80 Å². The molecule has 3 rings (SSSR count). The van der Waals surface area contributed by atoms with Gasteiger partial charge in [-0.05, 0) is 17.5 Å². The SMILES string of the molecule is [Li+].[c-]1ccc2c(p1)Cc1ccccc1-2. The van der Waals surface area contributed by atoms with E-state index in [1.165, 1.54) is 30.2 Å². The summed E-state index contributed by atoms with van der Waals surface area (Å²) in [4.78, 5) is 0. The largest absolute Gasteiger partial charge is 1.00 e. The maximum absolute atomic E-state index is 3.22. The minimum absolute atomic E-state index is 0. The van der Waals surface area contributed by atoms with Gasteiger partial charge in [-0.3, -0.25) is 0 Å². The monoisotopic (exact) mass is 190 g/mol. The summed E-state index contributed by atoms with van der Waals surface area (Å²) in [6.45, 7) is 0. The molecule has 0 amide bonds. The predicted molar refractivity (Wildman–Crippen MR) is 56.0 cm³/mol. The maximum Gasteiger partial charge on any atom is 1.00 e. The van der Waals surface area contributed by atoms with E-state index in [0.717, 1.165) is 6.42 Å². The maximum atomic E-state index is 3.22. The summed E-state index contributed by atoms with van der Waals surface area (Å²) >= 11 is 0. The van der Waals surface area contributed by atoms with Gasteiger partial charge in [-0.2, -0.15) is 17.9 Å². The van der Waals surface area contributed by atoms with E-state index in [1.54, 1.807) is 0 Å². The zero-order valence-corrected chi connectivity index (χ0v) is 9.01. The molecule has 0 aliphatic heterocycles. The Labute approximate surface area is 97.6 Å². The Balaban J connectivity index is 0.000000750. The molecule has 0 unspecified atom stereocenters. The molecule has 0 nitrogen and oxygen atoms in total. The van der Waals surface area contributed by atoms with Crippen LogP contribution < -0.4 is 18.9 Å². The fourth-order valence-electron chi connectivity index (χ4n) is 1.89. The third-order valence-corrected chi connectivity index (χ3v) is 3.45. The van der Waals surface area contributed by atoms with E-state index < -0.39 is 0 Å². The molecule has 0 fully saturated rings. The van der Waals surface area contributed by atoms with Crippen molar-refractivity contribution in [3.05, 3.63) is 53.1 Å². The number of rotatable bonds is 0. The van der Waals surface area contributed by atoms with Gasteiger partial charge in [-0.15, -0.1) is 10.9 Å². The fourth-order valence-corrected chi connectivity index (χ4v) is 2.76. The van der Waals surface area contributed by atoms with E-state index in [0.29, 0.717) is 0 Å².